The number of esters is 1. The van der Waals surface area contributed by atoms with Gasteiger partial charge in [0.2, 0.25) is 11.8 Å². The number of para-hydroxylation sites is 1. The molecule has 6 rings (SSSR count). The van der Waals surface area contributed by atoms with Crippen molar-refractivity contribution < 1.29 is 32.5 Å². The van der Waals surface area contributed by atoms with Gasteiger partial charge in [-0.25, -0.2) is 8.42 Å². The van der Waals surface area contributed by atoms with Crippen molar-refractivity contribution in [2.75, 3.05) is 6.61 Å². The number of carbonyl (C=O) groups excluding carboxylic acids is 3. The van der Waals surface area contributed by atoms with Gasteiger partial charge in [-0.3, -0.25) is 24.5 Å². The van der Waals surface area contributed by atoms with Crippen LogP contribution in [0.4, 0.5) is 5.69 Å². The Morgan fingerprint density at radius 3 is 2.24 bits per heavy atom. The zero-order valence-electron chi connectivity index (χ0n) is 24.2. The first kappa shape index (κ1) is 30.2. The molecule has 3 aromatic rings. The number of hydrogen-bond acceptors (Lipinski definition) is 8. The number of fused-ring (bicyclic) bond motifs is 1. The van der Waals surface area contributed by atoms with Gasteiger partial charge >= 0.3 is 5.97 Å². The van der Waals surface area contributed by atoms with E-state index in [0.717, 1.165) is 22.0 Å². The quantitative estimate of drug-likeness (QED) is 0.155. The highest BCUT2D eigenvalue weighted by molar-refractivity contribution is 7.89. The SMILES string of the molecule is CCOC(=O)C1C2C=CC3(C1C(=O)N(Cc1ccccc1)[C@H]3C(=O)NCc1ccccc1)N2S(=O)(=O)c1ccccc1[N+](=O)[O-]. The average molecular weight is 631 g/mol. The molecule has 2 bridgehead atoms. The van der Waals surface area contributed by atoms with Gasteiger partial charge < -0.3 is 15.0 Å². The fourth-order valence-corrected chi connectivity index (χ4v) is 9.02. The lowest BCUT2D eigenvalue weighted by Gasteiger charge is -2.38. The first-order valence-corrected chi connectivity index (χ1v) is 15.9. The average Bonchev–Trinajstić information content (AvgIpc) is 3.65. The van der Waals surface area contributed by atoms with Crippen LogP contribution in [0.3, 0.4) is 0 Å². The Morgan fingerprint density at radius 1 is 0.978 bits per heavy atom. The van der Waals surface area contributed by atoms with Crippen molar-refractivity contribution in [2.24, 2.45) is 11.8 Å². The number of carbonyl (C=O) groups is 3. The minimum Gasteiger partial charge on any atom is -0.466 e. The molecule has 1 N–H and O–H groups in total. The molecule has 13 heteroatoms. The van der Waals surface area contributed by atoms with Crippen LogP contribution < -0.4 is 5.32 Å². The van der Waals surface area contributed by atoms with Gasteiger partial charge in [0.15, 0.2) is 4.90 Å². The van der Waals surface area contributed by atoms with E-state index in [1.807, 2.05) is 30.3 Å². The number of nitrogens with one attached hydrogen (secondary N) is 1. The Bertz CT molecular complexity index is 1800. The van der Waals surface area contributed by atoms with Crippen LogP contribution in [0.1, 0.15) is 18.1 Å². The van der Waals surface area contributed by atoms with E-state index in [-0.39, 0.29) is 19.7 Å². The third-order valence-corrected chi connectivity index (χ3v) is 10.6. The second kappa shape index (κ2) is 11.6. The fourth-order valence-electron chi connectivity index (χ4n) is 6.94. The van der Waals surface area contributed by atoms with Crippen molar-refractivity contribution in [3.05, 3.63) is 118 Å². The van der Waals surface area contributed by atoms with Crippen molar-refractivity contribution in [1.82, 2.24) is 14.5 Å². The molecule has 4 unspecified atom stereocenters. The number of nitro groups is 1. The van der Waals surface area contributed by atoms with E-state index in [0.29, 0.717) is 5.56 Å². The van der Waals surface area contributed by atoms with Gasteiger partial charge in [-0.2, -0.15) is 4.31 Å². The predicted octanol–water partition coefficient (Wildman–Crippen LogP) is 2.80. The molecule has 2 saturated heterocycles. The maximum atomic E-state index is 14.6. The predicted molar refractivity (Wildman–Crippen MR) is 160 cm³/mol. The van der Waals surface area contributed by atoms with Crippen LogP contribution in [0.25, 0.3) is 0 Å². The summed E-state index contributed by atoms with van der Waals surface area (Å²) in [6, 6.07) is 20.2. The lowest BCUT2D eigenvalue weighted by atomic mass is 9.74. The van der Waals surface area contributed by atoms with Gasteiger partial charge in [-0.05, 0) is 24.1 Å². The van der Waals surface area contributed by atoms with Crippen LogP contribution in [0.2, 0.25) is 0 Å². The molecule has 3 aromatic carbocycles. The molecule has 0 radical (unpaired) electrons. The van der Waals surface area contributed by atoms with Crippen LogP contribution in [0.15, 0.2) is 102 Å². The van der Waals surface area contributed by atoms with Crippen molar-refractivity contribution in [1.29, 1.82) is 0 Å². The topological polar surface area (TPSA) is 156 Å². The Hall–Kier alpha value is -4.88. The number of nitro benzene ring substituents is 1. The number of sulfonamides is 1. The minimum atomic E-state index is -4.79. The van der Waals surface area contributed by atoms with Gasteiger partial charge in [0, 0.05) is 19.2 Å². The summed E-state index contributed by atoms with van der Waals surface area (Å²) in [5.74, 6) is -4.63. The summed E-state index contributed by atoms with van der Waals surface area (Å²) in [6.07, 6.45) is 2.99. The largest absolute Gasteiger partial charge is 0.466 e. The molecule has 2 amide bonds. The van der Waals surface area contributed by atoms with E-state index < -0.39 is 72.8 Å². The Balaban J connectivity index is 1.53. The summed E-state index contributed by atoms with van der Waals surface area (Å²) < 4.78 is 35.4. The number of nitrogens with zero attached hydrogens (tertiary/aromatic N) is 3. The Morgan fingerprint density at radius 2 is 1.60 bits per heavy atom. The molecule has 0 saturated carbocycles. The van der Waals surface area contributed by atoms with E-state index in [4.69, 9.17) is 4.74 Å². The summed E-state index contributed by atoms with van der Waals surface area (Å²) in [5, 5.41) is 14.8. The van der Waals surface area contributed by atoms with Crippen molar-refractivity contribution in [2.45, 2.75) is 42.5 Å². The van der Waals surface area contributed by atoms with Crippen molar-refractivity contribution >= 4 is 33.5 Å². The molecule has 45 heavy (non-hydrogen) atoms. The standard InChI is InChI=1S/C32H30N4O8S/c1-2-44-31(39)26-24-17-18-32(35(24)45(42,43)25-16-10-9-15-23(25)36(40)41)27(26)30(38)34(20-22-13-7-4-8-14-22)28(32)29(37)33-19-21-11-5-3-6-12-21/h3-18,24,26-28H,2,19-20H2,1H3,(H,33,37)/t24?,26?,27?,28-,32?/m0/s1. The summed E-state index contributed by atoms with van der Waals surface area (Å²) in [7, 11) is -4.79. The fraction of sp³-hybridized carbons (Fsp3) is 0.281. The zero-order valence-corrected chi connectivity index (χ0v) is 25.0. The van der Waals surface area contributed by atoms with E-state index >= 15 is 0 Å². The van der Waals surface area contributed by atoms with E-state index in [1.165, 1.54) is 29.2 Å². The highest BCUT2D eigenvalue weighted by atomic mass is 32.2. The number of ether oxygens (including phenoxy) is 1. The molecule has 3 aliphatic heterocycles. The Kier molecular flexibility index (Phi) is 7.75. The number of rotatable bonds is 10. The third-order valence-electron chi connectivity index (χ3n) is 8.65. The van der Waals surface area contributed by atoms with E-state index in [9.17, 15) is 32.9 Å². The highest BCUT2D eigenvalue weighted by Gasteiger charge is 2.78. The zero-order chi connectivity index (χ0) is 31.9. The van der Waals surface area contributed by atoms with Gasteiger partial charge in [0.1, 0.15) is 6.04 Å². The molecule has 1 spiro atoms. The van der Waals surface area contributed by atoms with Gasteiger partial charge in [-0.15, -0.1) is 0 Å². The van der Waals surface area contributed by atoms with Crippen LogP contribution in [0, 0.1) is 22.0 Å². The molecule has 0 aliphatic carbocycles. The molecule has 3 heterocycles. The van der Waals surface area contributed by atoms with E-state index in [2.05, 4.69) is 5.32 Å². The van der Waals surface area contributed by atoms with Crippen molar-refractivity contribution in [3.8, 4) is 0 Å². The summed E-state index contributed by atoms with van der Waals surface area (Å²) in [5.41, 5.74) is -1.08. The molecule has 232 valence electrons. The lowest BCUT2D eigenvalue weighted by Crippen LogP contribution is -2.61. The van der Waals surface area contributed by atoms with Gasteiger partial charge in [-0.1, -0.05) is 84.9 Å². The summed E-state index contributed by atoms with van der Waals surface area (Å²) in [6.45, 7) is 1.62. The Labute approximate surface area is 259 Å². The molecule has 5 atom stereocenters. The number of likely N-dealkylation sites (tertiary alicyclic amines) is 1. The number of benzene rings is 3. The smallest absolute Gasteiger partial charge is 0.311 e. The van der Waals surface area contributed by atoms with E-state index in [1.54, 1.807) is 37.3 Å². The van der Waals surface area contributed by atoms with Crippen LogP contribution in [-0.2, 0) is 42.2 Å². The summed E-state index contributed by atoms with van der Waals surface area (Å²) in [4.78, 5) is 54.1. The summed E-state index contributed by atoms with van der Waals surface area (Å²) >= 11 is 0. The first-order chi connectivity index (χ1) is 21.6. The van der Waals surface area contributed by atoms with Crippen LogP contribution in [0.5, 0.6) is 0 Å². The molecular formula is C32H30N4O8S. The number of hydrogen-bond donors (Lipinski definition) is 1. The first-order valence-electron chi connectivity index (χ1n) is 14.4. The maximum Gasteiger partial charge on any atom is 0.311 e. The van der Waals surface area contributed by atoms with Gasteiger partial charge in [0.05, 0.1) is 34.9 Å². The van der Waals surface area contributed by atoms with Crippen LogP contribution >= 0.6 is 0 Å². The lowest BCUT2D eigenvalue weighted by molar-refractivity contribution is -0.387. The molecule has 3 aliphatic rings. The molecular weight excluding hydrogens is 600 g/mol. The van der Waals surface area contributed by atoms with Crippen LogP contribution in [-0.4, -0.2) is 64.6 Å². The van der Waals surface area contributed by atoms with Crippen molar-refractivity contribution in [3.63, 3.8) is 0 Å². The minimum absolute atomic E-state index is 0.0225. The maximum absolute atomic E-state index is 14.6. The molecule has 12 nitrogen and oxygen atoms in total. The molecule has 2 fully saturated rings. The highest BCUT2D eigenvalue weighted by Crippen LogP contribution is 2.59. The van der Waals surface area contributed by atoms with Gasteiger partial charge in [0.25, 0.3) is 15.7 Å². The second-order valence-corrected chi connectivity index (χ2v) is 12.9. The monoisotopic (exact) mass is 630 g/mol. The third kappa shape index (κ3) is 4.79. The number of amides is 2. The normalized spacial score (nSPS) is 25.3. The second-order valence-electron chi connectivity index (χ2n) is 11.1. The molecule has 0 aromatic heterocycles.